The van der Waals surface area contributed by atoms with Crippen molar-refractivity contribution in [1.82, 2.24) is 0 Å². The van der Waals surface area contributed by atoms with E-state index in [0.29, 0.717) is 103 Å². The molecule has 0 fully saturated rings. The molecular weight excluding hydrogens is 1900 g/mol. The van der Waals surface area contributed by atoms with E-state index in [4.69, 9.17) is 60.9 Å². The van der Waals surface area contributed by atoms with Gasteiger partial charge in [0.05, 0.1) is 39.5 Å². The number of benzene rings is 6. The molecule has 6 heterocycles. The summed E-state index contributed by atoms with van der Waals surface area (Å²) in [5.41, 5.74) is 12.9. The Bertz CT molecular complexity index is 6160. The second-order valence-electron chi connectivity index (χ2n) is 32.8. The molecule has 41 heteroatoms. The first-order chi connectivity index (χ1) is 60.7. The van der Waals surface area contributed by atoms with Crippen LogP contribution in [0, 0.1) is 12.1 Å². The molecule has 30 nitrogen and oxygen atoms in total. The van der Waals surface area contributed by atoms with E-state index >= 15 is 0 Å². The number of aromatic hydroxyl groups is 1. The van der Waals surface area contributed by atoms with Gasteiger partial charge in [-0.25, -0.2) is 26.0 Å². The number of fused-ring (bicyclic) bond motifs is 4. The molecule has 0 aromatic heterocycles. The van der Waals surface area contributed by atoms with Gasteiger partial charge in [-0.05, 0) is 152 Å². The molecule has 0 bridgehead atoms. The molecule has 0 spiro atoms. The van der Waals surface area contributed by atoms with E-state index in [1.165, 1.54) is 46.8 Å². The van der Waals surface area contributed by atoms with Crippen molar-refractivity contribution in [2.45, 2.75) is 178 Å². The predicted molar refractivity (Wildman–Crippen MR) is 485 cm³/mol. The third kappa shape index (κ3) is 33.4. The van der Waals surface area contributed by atoms with Gasteiger partial charge < -0.3 is 47.7 Å². The minimum Gasteiger partial charge on any atom is -0.744 e. The van der Waals surface area contributed by atoms with Gasteiger partial charge >= 0.3 is 139 Å². The van der Waals surface area contributed by atoms with Crippen molar-refractivity contribution in [3.05, 3.63) is 260 Å². The topological polar surface area (TPSA) is 439 Å². The molecule has 6 aromatic rings. The van der Waals surface area contributed by atoms with Gasteiger partial charge in [-0.15, -0.1) is 37.4 Å². The maximum atomic E-state index is 12.1. The minimum absolute atomic E-state index is 0. The molecule has 0 atom stereocenters. The van der Waals surface area contributed by atoms with Crippen molar-refractivity contribution in [1.29, 1.82) is 0 Å². The van der Waals surface area contributed by atoms with Crippen LogP contribution in [-0.4, -0.2) is 180 Å². The smallest absolute Gasteiger partial charge is 0.744 e. The van der Waals surface area contributed by atoms with Crippen LogP contribution in [0.5, 0.6) is 11.5 Å². The summed E-state index contributed by atoms with van der Waals surface area (Å²) in [5.74, 6) is 1.66. The number of halogens is 1. The summed E-state index contributed by atoms with van der Waals surface area (Å²) in [4.78, 5) is 23.8. The fourth-order valence-corrected chi connectivity index (χ4v) is 18.3. The molecule has 696 valence electrons. The van der Waals surface area contributed by atoms with Crippen molar-refractivity contribution >= 4 is 120 Å². The van der Waals surface area contributed by atoms with E-state index in [1.807, 2.05) is 110 Å². The van der Waals surface area contributed by atoms with Gasteiger partial charge in [0.15, 0.2) is 22.9 Å². The van der Waals surface area contributed by atoms with Gasteiger partial charge in [0, 0.05) is 106 Å². The Kier molecular flexibility index (Phi) is 47.9. The molecule has 3 N–H and O–H groups in total. The molecule has 0 saturated heterocycles. The number of carbonyl (C=O) groups is 2. The fourth-order valence-electron chi connectivity index (χ4n) is 16.0. The van der Waals surface area contributed by atoms with Crippen LogP contribution in [0.15, 0.2) is 225 Å². The number of phenols is 1. The number of hydrogen-bond acceptors (Lipinski definition) is 26. The van der Waals surface area contributed by atoms with Crippen LogP contribution in [-0.2, 0) is 125 Å². The zero-order valence-electron chi connectivity index (χ0n) is 77.2. The van der Waals surface area contributed by atoms with E-state index in [-0.39, 0.29) is 183 Å². The van der Waals surface area contributed by atoms with Gasteiger partial charge in [0.2, 0.25) is 0 Å². The molecule has 0 radical (unpaired) electrons. The van der Waals surface area contributed by atoms with Crippen LogP contribution in [0.3, 0.4) is 0 Å². The van der Waals surface area contributed by atoms with Crippen molar-refractivity contribution in [3.63, 3.8) is 0 Å². The summed E-state index contributed by atoms with van der Waals surface area (Å²) in [6.45, 7) is 25.5. The fraction of sp³-hybridized carbons (Fsp3) is 0.391. The molecular formula is C92H107ClN4Na4O26S6+2. The second-order valence-corrected chi connectivity index (χ2v) is 39.9. The first kappa shape index (κ1) is 119. The Labute approximate surface area is 876 Å². The van der Waals surface area contributed by atoms with Crippen molar-refractivity contribution < 1.29 is 243 Å². The van der Waals surface area contributed by atoms with Crippen molar-refractivity contribution in [3.8, 4) is 11.5 Å². The van der Waals surface area contributed by atoms with Gasteiger partial charge in [0.1, 0.15) is 75.2 Å². The first-order valence-electron chi connectivity index (χ1n) is 41.5. The predicted octanol–water partition coefficient (Wildman–Crippen LogP) is 2.21. The zero-order valence-corrected chi connectivity index (χ0v) is 90.9. The number of phenolic OH excluding ortho intramolecular Hbond substituents is 1. The largest absolute Gasteiger partial charge is 1.00 e. The summed E-state index contributed by atoms with van der Waals surface area (Å²) in [7, 11) is -23.9. The Hall–Kier alpha value is -6.51. The Balaban J connectivity index is 0.000000453. The number of carbonyl (C=O) groups excluding carboxylic acids is 2. The third-order valence-electron chi connectivity index (χ3n) is 22.5. The van der Waals surface area contributed by atoms with E-state index in [2.05, 4.69) is 104 Å². The number of unbranched alkanes of at least 4 members (excludes halogenated alkanes) is 6. The zero-order chi connectivity index (χ0) is 95.0. The number of ether oxygens (including phenoxy) is 5. The summed E-state index contributed by atoms with van der Waals surface area (Å²) in [6, 6.07) is 41.7. The van der Waals surface area contributed by atoms with Crippen LogP contribution in [0.4, 0.5) is 22.7 Å². The Morgan fingerprint density at radius 1 is 0.496 bits per heavy atom. The number of nitrogens with zero attached hydrogens (tertiary/aromatic N) is 4. The van der Waals surface area contributed by atoms with E-state index in [9.17, 15) is 61.5 Å². The van der Waals surface area contributed by atoms with E-state index < -0.39 is 78.3 Å². The van der Waals surface area contributed by atoms with Crippen LogP contribution in [0.2, 0.25) is 0 Å². The molecule has 0 saturated carbocycles. The van der Waals surface area contributed by atoms with Crippen LogP contribution in [0.1, 0.15) is 167 Å². The molecule has 133 heavy (non-hydrogen) atoms. The van der Waals surface area contributed by atoms with Crippen molar-refractivity contribution in [2.75, 3.05) is 73.9 Å². The van der Waals surface area contributed by atoms with Gasteiger partial charge in [0.25, 0.3) is 33.2 Å². The molecule has 0 amide bonds. The second kappa shape index (κ2) is 53.6. The number of rotatable bonds is 36. The first-order valence-corrected chi connectivity index (χ1v) is 49.9. The quantitative estimate of drug-likeness (QED) is 0.0127. The maximum absolute atomic E-state index is 12.1. The average molecular weight is 2000 g/mol. The Morgan fingerprint density at radius 3 is 1.27 bits per heavy atom. The summed E-state index contributed by atoms with van der Waals surface area (Å²) >= 11 is 6.91. The van der Waals surface area contributed by atoms with E-state index in [0.717, 1.165) is 102 Å². The van der Waals surface area contributed by atoms with Gasteiger partial charge in [-0.1, -0.05) is 135 Å². The van der Waals surface area contributed by atoms with Crippen LogP contribution in [0.25, 0.3) is 0 Å². The van der Waals surface area contributed by atoms with Gasteiger partial charge in [-0.2, -0.15) is 53.2 Å². The SMILES string of the molecule is CCCCC[N+]1=C(/C=C/C2=C(Cl)C(=C/C=C3/N(CCCCS(=O)(=O)O)c4ccc(S(=O)(=O)[O-])cc4C3(C)C)/CO2)C(C)(C)c2c[c-]ccc21.CCCCC[N+]1=C(/C=C/C2=C(Oc3ccc(CCOC=O)cc3)C(=C/C=C3/N(CCCCS(=O)(=O)O)c4ccc(S(=O)(=O)[O-])cc4C3(C)C)/CO2)C(C)(C)c2c[c-]ccc21.O=COCCc1ccc(O)cc1.O=S(=O)=O.O=S(=O)=O.[Na+].[Na+].[Na+].[Na+]. The average Bonchev–Trinajstić information content (AvgIpc) is 1.61. The van der Waals surface area contributed by atoms with Crippen LogP contribution < -0.4 is 133 Å². The third-order valence-corrected chi connectivity index (χ3v) is 26.2. The van der Waals surface area contributed by atoms with E-state index in [1.54, 1.807) is 36.4 Å². The molecule has 6 aliphatic rings. The minimum atomic E-state index is -4.73. The van der Waals surface area contributed by atoms with Crippen LogP contribution >= 0.6 is 11.6 Å². The van der Waals surface area contributed by atoms with Crippen molar-refractivity contribution in [2.24, 2.45) is 0 Å². The molecule has 6 aromatic carbocycles. The molecule has 12 rings (SSSR count). The summed E-state index contributed by atoms with van der Waals surface area (Å²) in [6.07, 6.45) is 24.9. The normalized spacial score (nSPS) is 17.0. The Morgan fingerprint density at radius 2 is 0.880 bits per heavy atom. The standard InChI is InChI=1S/C46H54N2O10S2.C37H45ClN2O7S2.C9H10O3.4Na.2O3S/c1-6-7-10-26-47-39-14-9-8-13-37(39)45(2,3)43(47)24-22-41-44(58-35-18-15-33(16-19-35)25-28-56-32-49)34(31-57-41)17-23-42-46(4,5)38-30-36(60(53,54)55)20-21-40(38)48(42)27-11-12-29-59(50,51)52;1-6-7-10-21-39-30-14-9-8-13-28(30)36(2,3)34(39)20-18-32-35(38)26(25-47-32)15-19-33-37(4,5)29-24-27(49(44,45)46)16-17-31(29)40(33)22-11-12-23-48(41,42)43;10-7-12-6-5-8-1-3-9(11)4-2-8;;;;;2*1-4(2)3/h9,13-24,30,32H,6-7,10-12,25-29,31H2,1-5H3,(H,50,51,52)(H,53,54,55);9,13-20,24H,6-7,10-12,21-23,25H2,1-5H3,(H,41,42,43)(H,44,45,46);1-4,7,11H,5-6H2;;;;;;/q;;;4*+1;;/p-2. The summed E-state index contributed by atoms with van der Waals surface area (Å²) < 4.78 is 220. The molecule has 6 aliphatic heterocycles. The number of allylic oxidation sites excluding steroid dienone is 10. The number of hydrogen-bond donors (Lipinski definition) is 3. The number of anilines is 2. The maximum Gasteiger partial charge on any atom is 1.00 e. The molecule has 0 unspecified atom stereocenters. The van der Waals surface area contributed by atoms with Gasteiger partial charge in [-0.3, -0.25) is 18.7 Å². The summed E-state index contributed by atoms with van der Waals surface area (Å²) in [5, 5.41) is 9.43. The monoisotopic (exact) mass is 2000 g/mol. The molecule has 0 aliphatic carbocycles.